The molecule has 3 heteroatoms. The molecule has 2 nitrogen and oxygen atoms in total. The van der Waals surface area contributed by atoms with Gasteiger partial charge in [-0.1, -0.05) is 34.1 Å². The van der Waals surface area contributed by atoms with Gasteiger partial charge in [0.25, 0.3) is 5.97 Å². The molecule has 0 atom stereocenters. The predicted molar refractivity (Wildman–Crippen MR) is 47.5 cm³/mol. The summed E-state index contributed by atoms with van der Waals surface area (Å²) in [5.41, 5.74) is 0. The second-order valence-corrected chi connectivity index (χ2v) is 2.73. The summed E-state index contributed by atoms with van der Waals surface area (Å²) in [6, 6.07) is 9.97. The fraction of sp³-hybridized carbons (Fsp3) is 0.125. The molecule has 0 fully saturated rings. The summed E-state index contributed by atoms with van der Waals surface area (Å²) >= 11 is 3.31. The average molecular weight is 217 g/mol. The minimum atomic E-state index is -0.833. The van der Waals surface area contributed by atoms with E-state index in [4.69, 9.17) is 9.90 Å². The van der Waals surface area contributed by atoms with Crippen LogP contribution >= 0.6 is 15.9 Å². The Morgan fingerprint density at radius 3 is 1.91 bits per heavy atom. The molecular formula is C8H9BrO2. The highest BCUT2D eigenvalue weighted by atomic mass is 79.9. The first-order valence-corrected chi connectivity index (χ1v) is 3.82. The van der Waals surface area contributed by atoms with Crippen molar-refractivity contribution < 1.29 is 9.90 Å². The Balaban J connectivity index is 0.000000218. The molecule has 0 heterocycles. The quantitative estimate of drug-likeness (QED) is 0.724. The first-order chi connectivity index (χ1) is 5.13. The Bertz CT molecular complexity index is 205. The summed E-state index contributed by atoms with van der Waals surface area (Å²) in [5, 5.41) is 7.42. The molecule has 0 aromatic heterocycles. The van der Waals surface area contributed by atoms with Crippen molar-refractivity contribution in [2.45, 2.75) is 6.92 Å². The molecule has 0 unspecified atom stereocenters. The second kappa shape index (κ2) is 5.92. The monoisotopic (exact) mass is 216 g/mol. The van der Waals surface area contributed by atoms with Gasteiger partial charge >= 0.3 is 0 Å². The summed E-state index contributed by atoms with van der Waals surface area (Å²) in [6.45, 7) is 1.08. The van der Waals surface area contributed by atoms with E-state index in [1.165, 1.54) is 0 Å². The van der Waals surface area contributed by atoms with Crippen LogP contribution in [0.3, 0.4) is 0 Å². The number of rotatable bonds is 0. The summed E-state index contributed by atoms with van der Waals surface area (Å²) in [6.07, 6.45) is 0. The lowest BCUT2D eigenvalue weighted by atomic mass is 10.4. The van der Waals surface area contributed by atoms with Crippen molar-refractivity contribution in [1.82, 2.24) is 0 Å². The number of carboxylic acids is 1. The van der Waals surface area contributed by atoms with Crippen LogP contribution < -0.4 is 0 Å². The van der Waals surface area contributed by atoms with Crippen LogP contribution in [0.2, 0.25) is 0 Å². The van der Waals surface area contributed by atoms with E-state index in [0.29, 0.717) is 0 Å². The van der Waals surface area contributed by atoms with Gasteiger partial charge in [-0.3, -0.25) is 4.79 Å². The number of carboxylic acid groups (broad SMARTS) is 1. The van der Waals surface area contributed by atoms with Crippen molar-refractivity contribution >= 4 is 21.9 Å². The topological polar surface area (TPSA) is 37.3 Å². The normalized spacial score (nSPS) is 7.82. The number of hydrogen-bond acceptors (Lipinski definition) is 1. The van der Waals surface area contributed by atoms with Gasteiger partial charge in [-0.05, 0) is 12.1 Å². The van der Waals surface area contributed by atoms with Gasteiger partial charge in [0.1, 0.15) is 0 Å². The maximum Gasteiger partial charge on any atom is 0.300 e. The molecule has 0 saturated heterocycles. The Labute approximate surface area is 74.0 Å². The summed E-state index contributed by atoms with van der Waals surface area (Å²) in [4.78, 5) is 9.00. The van der Waals surface area contributed by atoms with Crippen molar-refractivity contribution in [3.05, 3.63) is 34.8 Å². The van der Waals surface area contributed by atoms with E-state index in [1.807, 2.05) is 30.3 Å². The maximum absolute atomic E-state index is 9.00. The average Bonchev–Trinajstić information content (AvgIpc) is 1.87. The van der Waals surface area contributed by atoms with Crippen LogP contribution in [0.5, 0.6) is 0 Å². The number of carbonyl (C=O) groups is 1. The first-order valence-electron chi connectivity index (χ1n) is 3.03. The minimum Gasteiger partial charge on any atom is -0.481 e. The molecule has 0 bridgehead atoms. The smallest absolute Gasteiger partial charge is 0.300 e. The molecule has 0 spiro atoms. The van der Waals surface area contributed by atoms with Crippen LogP contribution in [0.1, 0.15) is 6.92 Å². The molecular weight excluding hydrogens is 208 g/mol. The number of hydrogen-bond donors (Lipinski definition) is 1. The van der Waals surface area contributed by atoms with Crippen LogP contribution in [-0.2, 0) is 4.79 Å². The highest BCUT2D eigenvalue weighted by molar-refractivity contribution is 9.10. The Morgan fingerprint density at radius 1 is 1.36 bits per heavy atom. The van der Waals surface area contributed by atoms with Crippen molar-refractivity contribution in [3.63, 3.8) is 0 Å². The lowest BCUT2D eigenvalue weighted by Gasteiger charge is -1.80. The van der Waals surface area contributed by atoms with Crippen LogP contribution in [0, 0.1) is 0 Å². The van der Waals surface area contributed by atoms with Gasteiger partial charge < -0.3 is 5.11 Å². The van der Waals surface area contributed by atoms with Gasteiger partial charge in [0, 0.05) is 11.4 Å². The third-order valence-corrected chi connectivity index (χ3v) is 1.26. The van der Waals surface area contributed by atoms with Gasteiger partial charge in [-0.25, -0.2) is 0 Å². The Hall–Kier alpha value is -0.830. The first kappa shape index (κ1) is 10.2. The fourth-order valence-corrected chi connectivity index (χ4v) is 0.720. The molecule has 1 aromatic rings. The molecule has 1 rings (SSSR count). The van der Waals surface area contributed by atoms with E-state index in [0.717, 1.165) is 11.4 Å². The van der Waals surface area contributed by atoms with Crippen molar-refractivity contribution in [2.24, 2.45) is 0 Å². The zero-order valence-electron chi connectivity index (χ0n) is 6.12. The van der Waals surface area contributed by atoms with Crippen LogP contribution in [0.15, 0.2) is 34.8 Å². The zero-order valence-corrected chi connectivity index (χ0v) is 7.71. The Morgan fingerprint density at radius 2 is 1.73 bits per heavy atom. The molecule has 60 valence electrons. The third kappa shape index (κ3) is 9.17. The second-order valence-electron chi connectivity index (χ2n) is 1.81. The summed E-state index contributed by atoms with van der Waals surface area (Å²) in [7, 11) is 0. The van der Waals surface area contributed by atoms with Gasteiger partial charge in [0.2, 0.25) is 0 Å². The molecule has 0 radical (unpaired) electrons. The maximum atomic E-state index is 9.00. The lowest BCUT2D eigenvalue weighted by molar-refractivity contribution is -0.134. The molecule has 0 amide bonds. The van der Waals surface area contributed by atoms with Crippen molar-refractivity contribution in [1.29, 1.82) is 0 Å². The fourth-order valence-electron chi connectivity index (χ4n) is 0.415. The van der Waals surface area contributed by atoms with E-state index >= 15 is 0 Å². The van der Waals surface area contributed by atoms with Gasteiger partial charge in [0.05, 0.1) is 0 Å². The van der Waals surface area contributed by atoms with E-state index in [9.17, 15) is 0 Å². The van der Waals surface area contributed by atoms with Gasteiger partial charge in [-0.15, -0.1) is 0 Å². The van der Waals surface area contributed by atoms with Gasteiger partial charge in [0.15, 0.2) is 0 Å². The zero-order chi connectivity index (χ0) is 8.69. The van der Waals surface area contributed by atoms with Crippen LogP contribution in [-0.4, -0.2) is 11.1 Å². The molecule has 1 N–H and O–H groups in total. The van der Waals surface area contributed by atoms with E-state index < -0.39 is 5.97 Å². The number of aliphatic carboxylic acids is 1. The Kier molecular flexibility index (Phi) is 5.47. The van der Waals surface area contributed by atoms with E-state index in [2.05, 4.69) is 15.9 Å². The molecule has 1 aromatic carbocycles. The van der Waals surface area contributed by atoms with Crippen molar-refractivity contribution in [2.75, 3.05) is 0 Å². The lowest BCUT2D eigenvalue weighted by Crippen LogP contribution is -1.78. The minimum absolute atomic E-state index is 0.833. The predicted octanol–water partition coefficient (Wildman–Crippen LogP) is 2.54. The summed E-state index contributed by atoms with van der Waals surface area (Å²) < 4.78 is 1.13. The van der Waals surface area contributed by atoms with E-state index in [-0.39, 0.29) is 0 Å². The SMILES string of the molecule is Brc1ccccc1.CC(=O)O. The number of halogens is 1. The molecule has 0 aliphatic heterocycles. The molecule has 0 aliphatic carbocycles. The summed E-state index contributed by atoms with van der Waals surface area (Å²) in [5.74, 6) is -0.833. The highest BCUT2D eigenvalue weighted by Gasteiger charge is 1.74. The standard InChI is InChI=1S/C6H5Br.C2H4O2/c7-6-4-2-1-3-5-6;1-2(3)4/h1-5H;1H3,(H,3,4). The number of benzene rings is 1. The highest BCUT2D eigenvalue weighted by Crippen LogP contribution is 2.05. The molecule has 0 saturated carbocycles. The third-order valence-electron chi connectivity index (χ3n) is 0.733. The van der Waals surface area contributed by atoms with E-state index in [1.54, 1.807) is 0 Å². The van der Waals surface area contributed by atoms with Crippen molar-refractivity contribution in [3.8, 4) is 0 Å². The van der Waals surface area contributed by atoms with Crippen LogP contribution in [0.4, 0.5) is 0 Å². The molecule has 11 heavy (non-hydrogen) atoms. The molecule has 0 aliphatic rings. The van der Waals surface area contributed by atoms with Crippen LogP contribution in [0.25, 0.3) is 0 Å². The van der Waals surface area contributed by atoms with Gasteiger partial charge in [-0.2, -0.15) is 0 Å². The largest absolute Gasteiger partial charge is 0.481 e.